The van der Waals surface area contributed by atoms with Gasteiger partial charge in [0, 0.05) is 10.7 Å². The van der Waals surface area contributed by atoms with Crippen LogP contribution in [0.1, 0.15) is 25.3 Å². The van der Waals surface area contributed by atoms with Gasteiger partial charge in [-0.15, -0.1) is 0 Å². The number of aryl methyl sites for hydroxylation is 1. The van der Waals surface area contributed by atoms with Crippen LogP contribution in [0.4, 0.5) is 5.69 Å². The molecule has 0 unspecified atom stereocenters. The van der Waals surface area contributed by atoms with Crippen molar-refractivity contribution in [1.29, 1.82) is 0 Å². The van der Waals surface area contributed by atoms with Crippen molar-refractivity contribution in [3.63, 3.8) is 0 Å². The molecule has 5 nitrogen and oxygen atoms in total. The van der Waals surface area contributed by atoms with E-state index in [0.29, 0.717) is 23.6 Å². The summed E-state index contributed by atoms with van der Waals surface area (Å²) in [4.78, 5) is 38.7. The fraction of sp³-hybridized carbons (Fsp3) is 0.389. The Labute approximate surface area is 145 Å². The largest absolute Gasteiger partial charge is 0.324 e. The summed E-state index contributed by atoms with van der Waals surface area (Å²) >= 11 is 6.01. The average Bonchev–Trinajstić information content (AvgIpc) is 2.79. The molecule has 0 aromatic heterocycles. The number of likely N-dealkylation sites (tertiary alicyclic amines) is 1. The second kappa shape index (κ2) is 6.40. The molecule has 1 N–H and O–H groups in total. The van der Waals surface area contributed by atoms with Crippen LogP contribution in [-0.4, -0.2) is 28.7 Å². The number of anilines is 1. The number of nitrogens with one attached hydrogen (secondary N) is 1. The predicted molar refractivity (Wildman–Crippen MR) is 91.3 cm³/mol. The van der Waals surface area contributed by atoms with Crippen LogP contribution in [0.25, 0.3) is 0 Å². The van der Waals surface area contributed by atoms with Gasteiger partial charge in [0.25, 0.3) is 0 Å². The lowest BCUT2D eigenvalue weighted by molar-refractivity contribution is -0.146. The zero-order chi connectivity index (χ0) is 17.4. The molecule has 3 rings (SSSR count). The number of amides is 3. The van der Waals surface area contributed by atoms with E-state index in [9.17, 15) is 14.4 Å². The third-order valence-corrected chi connectivity index (χ3v) is 5.00. The van der Waals surface area contributed by atoms with Crippen LogP contribution < -0.4 is 5.32 Å². The highest BCUT2D eigenvalue weighted by molar-refractivity contribution is 6.30. The third-order valence-electron chi connectivity index (χ3n) is 4.69. The number of rotatable bonds is 3. The van der Waals surface area contributed by atoms with Crippen molar-refractivity contribution in [2.75, 3.05) is 5.32 Å². The molecule has 0 spiro atoms. The van der Waals surface area contributed by atoms with Crippen LogP contribution in [0.5, 0.6) is 0 Å². The Hall–Kier alpha value is -2.14. The summed E-state index contributed by atoms with van der Waals surface area (Å²) < 4.78 is 0. The minimum Gasteiger partial charge on any atom is -0.324 e. The van der Waals surface area contributed by atoms with Crippen molar-refractivity contribution in [3.8, 4) is 0 Å². The molecular formula is C18H19ClN2O3. The highest BCUT2D eigenvalue weighted by atomic mass is 35.5. The van der Waals surface area contributed by atoms with Gasteiger partial charge in [-0.05, 0) is 38.8 Å². The number of halogens is 1. The SMILES string of the molecule is Cc1ccc(NC(=O)[C@@H](C)N2C(=O)[C@H]3CC=C(Cl)C[C@@H]3C2=O)cc1. The maximum absolute atomic E-state index is 12.6. The Balaban J connectivity index is 1.74. The van der Waals surface area contributed by atoms with E-state index in [-0.39, 0.29) is 17.7 Å². The second-order valence-corrected chi connectivity index (χ2v) is 6.87. The van der Waals surface area contributed by atoms with Gasteiger partial charge in [-0.25, -0.2) is 0 Å². The molecular weight excluding hydrogens is 328 g/mol. The Morgan fingerprint density at radius 1 is 1.21 bits per heavy atom. The van der Waals surface area contributed by atoms with E-state index >= 15 is 0 Å². The summed E-state index contributed by atoms with van der Waals surface area (Å²) in [5.41, 5.74) is 1.72. The van der Waals surface area contributed by atoms with Crippen LogP contribution in [0.3, 0.4) is 0 Å². The van der Waals surface area contributed by atoms with Gasteiger partial charge >= 0.3 is 0 Å². The van der Waals surface area contributed by atoms with Crippen molar-refractivity contribution >= 4 is 35.0 Å². The first-order valence-corrected chi connectivity index (χ1v) is 8.35. The van der Waals surface area contributed by atoms with E-state index in [1.54, 1.807) is 25.1 Å². The molecule has 1 aliphatic carbocycles. The Morgan fingerprint density at radius 2 is 1.83 bits per heavy atom. The lowest BCUT2D eigenvalue weighted by Gasteiger charge is -2.22. The first-order valence-electron chi connectivity index (χ1n) is 7.97. The predicted octanol–water partition coefficient (Wildman–Crippen LogP) is 2.84. The zero-order valence-corrected chi connectivity index (χ0v) is 14.3. The van der Waals surface area contributed by atoms with Gasteiger partial charge in [-0.1, -0.05) is 35.4 Å². The number of imide groups is 1. The quantitative estimate of drug-likeness (QED) is 0.856. The van der Waals surface area contributed by atoms with Gasteiger partial charge in [0.15, 0.2) is 0 Å². The molecule has 1 heterocycles. The van der Waals surface area contributed by atoms with Gasteiger partial charge in [-0.3, -0.25) is 19.3 Å². The highest BCUT2D eigenvalue weighted by Gasteiger charge is 2.51. The van der Waals surface area contributed by atoms with Crippen molar-refractivity contribution in [3.05, 3.63) is 40.9 Å². The number of fused-ring (bicyclic) bond motifs is 1. The Bertz CT molecular complexity index is 726. The Morgan fingerprint density at radius 3 is 2.50 bits per heavy atom. The van der Waals surface area contributed by atoms with Gasteiger partial charge < -0.3 is 5.32 Å². The molecule has 24 heavy (non-hydrogen) atoms. The van der Waals surface area contributed by atoms with E-state index in [2.05, 4.69) is 5.32 Å². The fourth-order valence-corrected chi connectivity index (χ4v) is 3.49. The zero-order valence-electron chi connectivity index (χ0n) is 13.6. The van der Waals surface area contributed by atoms with Gasteiger partial charge in [0.05, 0.1) is 11.8 Å². The fourth-order valence-electron chi connectivity index (χ4n) is 3.24. The molecule has 1 saturated heterocycles. The standard InChI is InChI=1S/C18H19ClN2O3/c1-10-3-6-13(7-4-10)20-16(22)11(2)21-17(23)14-8-5-12(19)9-15(14)18(21)24/h3-7,11,14-15H,8-9H2,1-2H3,(H,20,22)/t11-,14+,15+/m1/s1. The molecule has 2 aliphatic rings. The van der Waals surface area contributed by atoms with Crippen molar-refractivity contribution in [2.45, 2.75) is 32.7 Å². The maximum atomic E-state index is 12.6. The van der Waals surface area contributed by atoms with E-state index in [1.807, 2.05) is 19.1 Å². The molecule has 126 valence electrons. The normalized spacial score (nSPS) is 24.5. The molecule has 1 aliphatic heterocycles. The topological polar surface area (TPSA) is 66.5 Å². The number of carbonyl (C=O) groups is 3. The van der Waals surface area contributed by atoms with Crippen LogP contribution in [0.15, 0.2) is 35.4 Å². The van der Waals surface area contributed by atoms with Crippen LogP contribution in [0.2, 0.25) is 0 Å². The Kier molecular flexibility index (Phi) is 4.45. The lowest BCUT2D eigenvalue weighted by atomic mass is 9.85. The summed E-state index contributed by atoms with van der Waals surface area (Å²) in [6, 6.07) is 6.49. The number of benzene rings is 1. The van der Waals surface area contributed by atoms with Crippen LogP contribution >= 0.6 is 11.6 Å². The summed E-state index contributed by atoms with van der Waals surface area (Å²) in [6.45, 7) is 3.53. The van der Waals surface area contributed by atoms with Gasteiger partial charge in [-0.2, -0.15) is 0 Å². The van der Waals surface area contributed by atoms with E-state index in [1.165, 1.54) is 0 Å². The maximum Gasteiger partial charge on any atom is 0.247 e. The molecule has 6 heteroatoms. The lowest BCUT2D eigenvalue weighted by Crippen LogP contribution is -2.46. The highest BCUT2D eigenvalue weighted by Crippen LogP contribution is 2.39. The molecule has 1 fully saturated rings. The van der Waals surface area contributed by atoms with E-state index < -0.39 is 17.9 Å². The molecule has 3 amide bonds. The van der Waals surface area contributed by atoms with Crippen LogP contribution in [-0.2, 0) is 14.4 Å². The molecule has 1 aromatic carbocycles. The monoisotopic (exact) mass is 346 g/mol. The number of hydrogen-bond donors (Lipinski definition) is 1. The smallest absolute Gasteiger partial charge is 0.247 e. The first-order chi connectivity index (χ1) is 11.4. The molecule has 3 atom stereocenters. The minimum absolute atomic E-state index is 0.281. The third kappa shape index (κ3) is 2.96. The second-order valence-electron chi connectivity index (χ2n) is 6.38. The number of allylic oxidation sites excluding steroid dienone is 2. The number of hydrogen-bond acceptors (Lipinski definition) is 3. The summed E-state index contributed by atoms with van der Waals surface area (Å²) in [5.74, 6) is -1.79. The number of carbonyl (C=O) groups excluding carboxylic acids is 3. The number of nitrogens with zero attached hydrogens (tertiary/aromatic N) is 1. The first kappa shape index (κ1) is 16.7. The van der Waals surface area contributed by atoms with E-state index in [0.717, 1.165) is 10.5 Å². The molecule has 0 saturated carbocycles. The molecule has 0 bridgehead atoms. The van der Waals surface area contributed by atoms with Crippen molar-refractivity contribution in [1.82, 2.24) is 4.90 Å². The van der Waals surface area contributed by atoms with E-state index in [4.69, 9.17) is 11.6 Å². The minimum atomic E-state index is -0.851. The average molecular weight is 347 g/mol. The summed E-state index contributed by atoms with van der Waals surface area (Å²) in [6.07, 6.45) is 2.62. The van der Waals surface area contributed by atoms with Crippen molar-refractivity contribution < 1.29 is 14.4 Å². The molecule has 1 aromatic rings. The molecule has 0 radical (unpaired) electrons. The van der Waals surface area contributed by atoms with Crippen LogP contribution in [0, 0.1) is 18.8 Å². The van der Waals surface area contributed by atoms with Gasteiger partial charge in [0.2, 0.25) is 17.7 Å². The van der Waals surface area contributed by atoms with Crippen molar-refractivity contribution in [2.24, 2.45) is 11.8 Å². The summed E-state index contributed by atoms with van der Waals surface area (Å²) in [7, 11) is 0. The summed E-state index contributed by atoms with van der Waals surface area (Å²) in [5, 5.41) is 3.36. The van der Waals surface area contributed by atoms with Gasteiger partial charge in [0.1, 0.15) is 6.04 Å².